The van der Waals surface area contributed by atoms with E-state index in [1.54, 1.807) is 6.07 Å². The van der Waals surface area contributed by atoms with Crippen molar-refractivity contribution in [2.45, 2.75) is 27.7 Å². The molecule has 0 spiro atoms. The molecule has 0 aliphatic rings. The van der Waals surface area contributed by atoms with Crippen LogP contribution in [0, 0.1) is 30.6 Å². The minimum atomic E-state index is -0.179. The summed E-state index contributed by atoms with van der Waals surface area (Å²) in [6.45, 7) is 8.79. The van der Waals surface area contributed by atoms with Crippen molar-refractivity contribution < 1.29 is 9.90 Å². The van der Waals surface area contributed by atoms with Gasteiger partial charge in [0.15, 0.2) is 0 Å². The molecule has 0 aromatic heterocycles. The summed E-state index contributed by atoms with van der Waals surface area (Å²) in [5.41, 5.74) is 2.28. The van der Waals surface area contributed by atoms with Crippen molar-refractivity contribution in [1.29, 1.82) is 0 Å². The summed E-state index contributed by atoms with van der Waals surface area (Å²) in [7, 11) is 0. The largest absolute Gasteiger partial charge is 0.384 e. The summed E-state index contributed by atoms with van der Waals surface area (Å²) in [5, 5.41) is 11.7. The molecule has 20 heavy (non-hydrogen) atoms. The molecule has 0 bridgehead atoms. The van der Waals surface area contributed by atoms with Crippen molar-refractivity contribution in [1.82, 2.24) is 5.32 Å². The van der Waals surface area contributed by atoms with Crippen molar-refractivity contribution in [3.63, 3.8) is 0 Å². The first-order valence-corrected chi connectivity index (χ1v) is 6.95. The fourth-order valence-electron chi connectivity index (χ4n) is 1.74. The second-order valence-electron chi connectivity index (χ2n) is 5.37. The fourth-order valence-corrected chi connectivity index (χ4v) is 1.74. The Morgan fingerprint density at radius 2 is 2.05 bits per heavy atom. The number of aliphatic hydroxyl groups excluding tert-OH is 1. The second-order valence-corrected chi connectivity index (χ2v) is 5.37. The summed E-state index contributed by atoms with van der Waals surface area (Å²) in [6.07, 6.45) is 0. The van der Waals surface area contributed by atoms with Crippen molar-refractivity contribution in [2.75, 3.05) is 13.2 Å². The SMILES string of the molecule is Cc1c(C#CCO)cccc1C(=O)NCC(C)C(C)C. The number of benzene rings is 1. The summed E-state index contributed by atoms with van der Waals surface area (Å²) in [4.78, 5) is 12.2. The van der Waals surface area contributed by atoms with Gasteiger partial charge in [0.25, 0.3) is 5.91 Å². The lowest BCUT2D eigenvalue weighted by Gasteiger charge is -2.16. The van der Waals surface area contributed by atoms with Gasteiger partial charge in [0.1, 0.15) is 6.61 Å². The van der Waals surface area contributed by atoms with Gasteiger partial charge in [0.05, 0.1) is 0 Å². The number of aliphatic hydroxyl groups is 1. The second kappa shape index (κ2) is 7.72. The van der Waals surface area contributed by atoms with E-state index in [0.717, 1.165) is 11.1 Å². The van der Waals surface area contributed by atoms with E-state index >= 15 is 0 Å². The highest BCUT2D eigenvalue weighted by molar-refractivity contribution is 5.96. The van der Waals surface area contributed by atoms with Gasteiger partial charge >= 0.3 is 0 Å². The first-order chi connectivity index (χ1) is 9.47. The summed E-state index contributed by atoms with van der Waals surface area (Å²) in [6, 6.07) is 5.47. The number of rotatable bonds is 4. The van der Waals surface area contributed by atoms with E-state index in [1.807, 2.05) is 19.1 Å². The zero-order chi connectivity index (χ0) is 15.1. The Morgan fingerprint density at radius 3 is 2.65 bits per heavy atom. The molecular formula is C17H23NO2. The molecule has 1 amide bonds. The lowest BCUT2D eigenvalue weighted by molar-refractivity contribution is 0.0944. The molecule has 0 aliphatic heterocycles. The van der Waals surface area contributed by atoms with Gasteiger partial charge < -0.3 is 10.4 Å². The molecule has 0 radical (unpaired) electrons. The lowest BCUT2D eigenvalue weighted by Crippen LogP contribution is -2.30. The molecule has 0 heterocycles. The normalized spacial score (nSPS) is 11.7. The minimum absolute atomic E-state index is 0.0670. The van der Waals surface area contributed by atoms with Gasteiger partial charge in [-0.3, -0.25) is 4.79 Å². The van der Waals surface area contributed by atoms with E-state index < -0.39 is 0 Å². The molecule has 3 nitrogen and oxygen atoms in total. The van der Waals surface area contributed by atoms with Gasteiger partial charge in [-0.2, -0.15) is 0 Å². The maximum atomic E-state index is 12.2. The standard InChI is InChI=1S/C17H23NO2/c1-12(2)13(3)11-18-17(20)16-9-5-7-15(14(16)4)8-6-10-19/h5,7,9,12-13,19H,10-11H2,1-4H3,(H,18,20). The lowest BCUT2D eigenvalue weighted by atomic mass is 9.97. The van der Waals surface area contributed by atoms with Crippen LogP contribution in [-0.4, -0.2) is 24.2 Å². The number of hydrogen-bond acceptors (Lipinski definition) is 2. The molecule has 1 rings (SSSR count). The molecule has 0 saturated heterocycles. The molecule has 3 heteroatoms. The molecule has 1 aromatic rings. The quantitative estimate of drug-likeness (QED) is 0.827. The highest BCUT2D eigenvalue weighted by Gasteiger charge is 2.13. The average molecular weight is 273 g/mol. The summed E-state index contributed by atoms with van der Waals surface area (Å²) in [5.74, 6) is 6.39. The number of hydrogen-bond donors (Lipinski definition) is 2. The topological polar surface area (TPSA) is 49.3 Å². The highest BCUT2D eigenvalue weighted by atomic mass is 16.2. The van der Waals surface area contributed by atoms with Crippen LogP contribution in [-0.2, 0) is 0 Å². The zero-order valence-corrected chi connectivity index (χ0v) is 12.7. The number of carbonyl (C=O) groups excluding carboxylic acids is 1. The Labute approximate surface area is 121 Å². The van der Waals surface area contributed by atoms with Crippen molar-refractivity contribution in [3.8, 4) is 11.8 Å². The van der Waals surface area contributed by atoms with Crippen LogP contribution >= 0.6 is 0 Å². The monoisotopic (exact) mass is 273 g/mol. The molecule has 0 aliphatic carbocycles. The maximum Gasteiger partial charge on any atom is 0.251 e. The number of amides is 1. The van der Waals surface area contributed by atoms with Crippen LogP contribution in [0.25, 0.3) is 0 Å². The van der Waals surface area contributed by atoms with Crippen LogP contribution in [0.1, 0.15) is 42.3 Å². The predicted octanol–water partition coefficient (Wildman–Crippen LogP) is 2.36. The average Bonchev–Trinajstić information content (AvgIpc) is 2.43. The Morgan fingerprint density at radius 1 is 1.35 bits per heavy atom. The molecule has 0 fully saturated rings. The van der Waals surface area contributed by atoms with Crippen molar-refractivity contribution in [2.24, 2.45) is 11.8 Å². The Balaban J connectivity index is 2.83. The zero-order valence-electron chi connectivity index (χ0n) is 12.7. The van der Waals surface area contributed by atoms with Gasteiger partial charge in [-0.05, 0) is 36.5 Å². The molecule has 0 saturated carbocycles. The smallest absolute Gasteiger partial charge is 0.251 e. The van der Waals surface area contributed by atoms with E-state index in [2.05, 4.69) is 37.9 Å². The molecule has 108 valence electrons. The van der Waals surface area contributed by atoms with E-state index in [0.29, 0.717) is 23.9 Å². The van der Waals surface area contributed by atoms with Gasteiger partial charge in [-0.1, -0.05) is 38.7 Å². The van der Waals surface area contributed by atoms with Crippen LogP contribution in [0.2, 0.25) is 0 Å². The maximum absolute atomic E-state index is 12.2. The molecular weight excluding hydrogens is 250 g/mol. The minimum Gasteiger partial charge on any atom is -0.384 e. The first kappa shape index (κ1) is 16.3. The van der Waals surface area contributed by atoms with E-state index in [9.17, 15) is 4.79 Å². The molecule has 2 N–H and O–H groups in total. The Bertz CT molecular complexity index is 524. The summed E-state index contributed by atoms with van der Waals surface area (Å²) >= 11 is 0. The number of nitrogens with one attached hydrogen (secondary N) is 1. The highest BCUT2D eigenvalue weighted by Crippen LogP contribution is 2.14. The van der Waals surface area contributed by atoms with Crippen LogP contribution in [0.15, 0.2) is 18.2 Å². The van der Waals surface area contributed by atoms with Crippen LogP contribution in [0.3, 0.4) is 0 Å². The molecule has 1 aromatic carbocycles. The van der Waals surface area contributed by atoms with Crippen molar-refractivity contribution in [3.05, 3.63) is 34.9 Å². The Kier molecular flexibility index (Phi) is 6.27. The third-order valence-electron chi connectivity index (χ3n) is 3.60. The van der Waals surface area contributed by atoms with Gasteiger partial charge in [-0.25, -0.2) is 0 Å². The summed E-state index contributed by atoms with van der Waals surface area (Å²) < 4.78 is 0. The molecule has 1 unspecified atom stereocenters. The van der Waals surface area contributed by atoms with E-state index in [4.69, 9.17) is 5.11 Å². The van der Waals surface area contributed by atoms with Crippen molar-refractivity contribution >= 4 is 5.91 Å². The number of carbonyl (C=O) groups is 1. The van der Waals surface area contributed by atoms with E-state index in [-0.39, 0.29) is 12.5 Å². The Hall–Kier alpha value is -1.79. The van der Waals surface area contributed by atoms with Crippen LogP contribution in [0.4, 0.5) is 0 Å². The van der Waals surface area contributed by atoms with Gasteiger partial charge in [-0.15, -0.1) is 0 Å². The van der Waals surface area contributed by atoms with Crippen LogP contribution in [0.5, 0.6) is 0 Å². The van der Waals surface area contributed by atoms with Gasteiger partial charge in [0, 0.05) is 17.7 Å². The third-order valence-corrected chi connectivity index (χ3v) is 3.60. The fraction of sp³-hybridized carbons (Fsp3) is 0.471. The van der Waals surface area contributed by atoms with E-state index in [1.165, 1.54) is 0 Å². The first-order valence-electron chi connectivity index (χ1n) is 6.95. The van der Waals surface area contributed by atoms with Gasteiger partial charge in [0.2, 0.25) is 0 Å². The van der Waals surface area contributed by atoms with Crippen LogP contribution < -0.4 is 5.32 Å². The predicted molar refractivity (Wildman–Crippen MR) is 81.5 cm³/mol. The molecule has 1 atom stereocenters. The third kappa shape index (κ3) is 4.40.